The lowest BCUT2D eigenvalue weighted by Gasteiger charge is -2.15. The Bertz CT molecular complexity index is 1140. The number of imidazole rings is 1. The average molecular weight is 416 g/mol. The van der Waals surface area contributed by atoms with Gasteiger partial charge < -0.3 is 9.88 Å². The fourth-order valence-corrected chi connectivity index (χ4v) is 4.79. The Kier molecular flexibility index (Phi) is 4.72. The first-order valence-corrected chi connectivity index (χ1v) is 10.8. The fraction of sp³-hybridized carbons (Fsp3) is 0.200. The molecular weight excluding hydrogens is 398 g/mol. The Morgan fingerprint density at radius 1 is 1.14 bits per heavy atom. The molecule has 1 N–H and O–H groups in total. The summed E-state index contributed by atoms with van der Waals surface area (Å²) >= 11 is 5.96. The van der Waals surface area contributed by atoms with Crippen LogP contribution in [0.15, 0.2) is 59.8 Å². The molecule has 0 bridgehead atoms. The number of amides is 1. The first-order chi connectivity index (χ1) is 13.4. The number of halogens is 1. The minimum atomic E-state index is -3.49. The molecule has 6 nitrogen and oxygen atoms in total. The molecule has 0 aliphatic carbocycles. The summed E-state index contributed by atoms with van der Waals surface area (Å²) in [5.41, 5.74) is 2.19. The van der Waals surface area contributed by atoms with Crippen molar-refractivity contribution < 1.29 is 13.2 Å². The van der Waals surface area contributed by atoms with Crippen LogP contribution in [0.4, 0.5) is 0 Å². The Morgan fingerprint density at radius 3 is 2.50 bits per heavy atom. The molecular formula is C20H18ClN3O3S. The Labute approximate surface area is 168 Å². The van der Waals surface area contributed by atoms with Crippen LogP contribution in [0.1, 0.15) is 29.0 Å². The summed E-state index contributed by atoms with van der Waals surface area (Å²) in [7, 11) is -3.49. The number of carbonyl (C=O) groups excluding carboxylic acids is 1. The van der Waals surface area contributed by atoms with Gasteiger partial charge in [-0.15, -0.1) is 0 Å². The van der Waals surface area contributed by atoms with E-state index in [1.807, 2.05) is 37.3 Å². The van der Waals surface area contributed by atoms with Crippen LogP contribution in [0, 0.1) is 0 Å². The van der Waals surface area contributed by atoms with E-state index < -0.39 is 9.84 Å². The quantitative estimate of drug-likeness (QED) is 0.707. The molecule has 0 fully saturated rings. The lowest BCUT2D eigenvalue weighted by atomic mass is 10.1. The van der Waals surface area contributed by atoms with Gasteiger partial charge in [0.05, 0.1) is 11.8 Å². The van der Waals surface area contributed by atoms with Crippen molar-refractivity contribution in [2.24, 2.45) is 0 Å². The van der Waals surface area contributed by atoms with Gasteiger partial charge in [0.25, 0.3) is 5.91 Å². The van der Waals surface area contributed by atoms with E-state index in [4.69, 9.17) is 11.6 Å². The van der Waals surface area contributed by atoms with Crippen LogP contribution in [0.2, 0.25) is 5.02 Å². The zero-order chi connectivity index (χ0) is 19.9. The monoisotopic (exact) mass is 415 g/mol. The molecule has 1 amide bonds. The molecule has 8 heteroatoms. The molecule has 4 rings (SSSR count). The molecule has 1 aromatic heterocycles. The lowest BCUT2D eigenvalue weighted by Crippen LogP contribution is -2.29. The highest BCUT2D eigenvalue weighted by atomic mass is 35.5. The minimum Gasteiger partial charge on any atom is -0.344 e. The largest absolute Gasteiger partial charge is 0.344 e. The number of sulfone groups is 1. The van der Waals surface area contributed by atoms with Crippen LogP contribution >= 0.6 is 11.6 Å². The summed E-state index contributed by atoms with van der Waals surface area (Å²) in [5, 5.41) is 3.44. The third kappa shape index (κ3) is 3.31. The smallest absolute Gasteiger partial charge is 0.270 e. The van der Waals surface area contributed by atoms with Gasteiger partial charge in [0, 0.05) is 17.1 Å². The standard InChI is InChI=1S/C20H18ClN3O3S/c1-13(14-5-3-2-4-6-14)22-19(25)18-17(15-7-9-16(21)10-8-15)23-20-24(18)11-12-28(20,26)27/h2-10,13H,11-12H2,1H3,(H,22,25). The van der Waals surface area contributed by atoms with Gasteiger partial charge in [-0.1, -0.05) is 54.1 Å². The number of rotatable bonds is 4. The zero-order valence-electron chi connectivity index (χ0n) is 15.1. The number of carbonyl (C=O) groups is 1. The SMILES string of the molecule is CC(NC(=O)c1c(-c2ccc(Cl)cc2)nc2n1CCS2(=O)=O)c1ccccc1. The zero-order valence-corrected chi connectivity index (χ0v) is 16.7. The molecule has 1 aliphatic heterocycles. The molecule has 0 saturated heterocycles. The Hall–Kier alpha value is -2.64. The summed E-state index contributed by atoms with van der Waals surface area (Å²) in [6, 6.07) is 16.2. The summed E-state index contributed by atoms with van der Waals surface area (Å²) in [6.45, 7) is 2.09. The highest BCUT2D eigenvalue weighted by molar-refractivity contribution is 7.91. The van der Waals surface area contributed by atoms with Crippen molar-refractivity contribution in [2.45, 2.75) is 24.7 Å². The first kappa shape index (κ1) is 18.7. The second kappa shape index (κ2) is 7.07. The van der Waals surface area contributed by atoms with E-state index in [0.29, 0.717) is 16.3 Å². The first-order valence-electron chi connectivity index (χ1n) is 8.82. The maximum absolute atomic E-state index is 13.1. The van der Waals surface area contributed by atoms with Gasteiger partial charge in [-0.05, 0) is 24.6 Å². The number of hydrogen-bond donors (Lipinski definition) is 1. The van der Waals surface area contributed by atoms with E-state index in [9.17, 15) is 13.2 Å². The van der Waals surface area contributed by atoms with E-state index in [1.54, 1.807) is 24.3 Å². The summed E-state index contributed by atoms with van der Waals surface area (Å²) in [4.78, 5) is 17.4. The van der Waals surface area contributed by atoms with Crippen LogP contribution in [0.25, 0.3) is 11.3 Å². The molecule has 28 heavy (non-hydrogen) atoms. The van der Waals surface area contributed by atoms with Gasteiger partial charge in [0.1, 0.15) is 11.4 Å². The van der Waals surface area contributed by atoms with Crippen molar-refractivity contribution in [2.75, 3.05) is 5.75 Å². The molecule has 0 saturated carbocycles. The van der Waals surface area contributed by atoms with Gasteiger partial charge in [-0.2, -0.15) is 0 Å². The predicted molar refractivity (Wildman–Crippen MR) is 107 cm³/mol. The third-order valence-electron chi connectivity index (χ3n) is 4.77. The molecule has 1 unspecified atom stereocenters. The summed E-state index contributed by atoms with van der Waals surface area (Å²) in [5.74, 6) is -0.415. The van der Waals surface area contributed by atoms with Crippen LogP contribution in [-0.4, -0.2) is 29.6 Å². The van der Waals surface area contributed by atoms with Gasteiger partial charge in [0.15, 0.2) is 0 Å². The highest BCUT2D eigenvalue weighted by Gasteiger charge is 2.35. The van der Waals surface area contributed by atoms with Crippen molar-refractivity contribution in [1.29, 1.82) is 0 Å². The van der Waals surface area contributed by atoms with Gasteiger partial charge in [-0.25, -0.2) is 13.4 Å². The molecule has 3 aromatic rings. The third-order valence-corrected chi connectivity index (χ3v) is 6.61. The van der Waals surface area contributed by atoms with Crippen LogP contribution in [0.5, 0.6) is 0 Å². The minimum absolute atomic E-state index is 0.0508. The molecule has 0 spiro atoms. The number of hydrogen-bond acceptors (Lipinski definition) is 4. The number of aromatic nitrogens is 2. The maximum Gasteiger partial charge on any atom is 0.270 e. The molecule has 2 aromatic carbocycles. The van der Waals surface area contributed by atoms with E-state index >= 15 is 0 Å². The number of fused-ring (bicyclic) bond motifs is 1. The second-order valence-corrected chi connectivity index (χ2v) is 9.11. The average Bonchev–Trinajstić information content (AvgIpc) is 3.21. The summed E-state index contributed by atoms with van der Waals surface area (Å²) < 4.78 is 26.2. The number of benzene rings is 2. The maximum atomic E-state index is 13.1. The van der Waals surface area contributed by atoms with E-state index in [2.05, 4.69) is 10.3 Å². The van der Waals surface area contributed by atoms with Crippen LogP contribution < -0.4 is 5.32 Å². The van der Waals surface area contributed by atoms with Crippen LogP contribution in [-0.2, 0) is 16.4 Å². The van der Waals surface area contributed by atoms with Crippen molar-refractivity contribution >= 4 is 27.3 Å². The highest BCUT2D eigenvalue weighted by Crippen LogP contribution is 2.31. The number of nitrogens with one attached hydrogen (secondary N) is 1. The number of nitrogens with zero attached hydrogens (tertiary/aromatic N) is 2. The van der Waals surface area contributed by atoms with E-state index in [1.165, 1.54) is 4.57 Å². The fourth-order valence-electron chi connectivity index (χ4n) is 3.31. The second-order valence-electron chi connectivity index (χ2n) is 6.67. The molecule has 2 heterocycles. The van der Waals surface area contributed by atoms with E-state index in [-0.39, 0.29) is 35.1 Å². The topological polar surface area (TPSA) is 81.1 Å². The van der Waals surface area contributed by atoms with Gasteiger partial charge in [0.2, 0.25) is 15.0 Å². The van der Waals surface area contributed by atoms with Gasteiger partial charge >= 0.3 is 0 Å². The molecule has 0 radical (unpaired) electrons. The van der Waals surface area contributed by atoms with E-state index in [0.717, 1.165) is 5.56 Å². The lowest BCUT2D eigenvalue weighted by molar-refractivity contribution is 0.0931. The van der Waals surface area contributed by atoms with Crippen molar-refractivity contribution in [3.63, 3.8) is 0 Å². The Morgan fingerprint density at radius 2 is 1.82 bits per heavy atom. The molecule has 1 atom stereocenters. The van der Waals surface area contributed by atoms with Crippen LogP contribution in [0.3, 0.4) is 0 Å². The molecule has 144 valence electrons. The van der Waals surface area contributed by atoms with Crippen molar-refractivity contribution in [1.82, 2.24) is 14.9 Å². The van der Waals surface area contributed by atoms with Crippen molar-refractivity contribution in [3.8, 4) is 11.3 Å². The normalized spacial score (nSPS) is 15.8. The predicted octanol–water partition coefficient (Wildman–Crippen LogP) is 3.48. The van der Waals surface area contributed by atoms with Gasteiger partial charge in [-0.3, -0.25) is 4.79 Å². The Balaban J connectivity index is 1.77. The van der Waals surface area contributed by atoms with Crippen molar-refractivity contribution in [3.05, 3.63) is 70.9 Å². The molecule has 1 aliphatic rings. The summed E-state index contributed by atoms with van der Waals surface area (Å²) in [6.07, 6.45) is 0.